The average molecular weight is 461 g/mol. The molecule has 1 saturated carbocycles. The maximum atomic E-state index is 13.9. The summed E-state index contributed by atoms with van der Waals surface area (Å²) in [5, 5.41) is 1.02. The van der Waals surface area contributed by atoms with Crippen LogP contribution in [0.4, 0.5) is 14.6 Å². The second kappa shape index (κ2) is 7.31. The number of primary amides is 1. The van der Waals surface area contributed by atoms with E-state index in [2.05, 4.69) is 14.9 Å². The van der Waals surface area contributed by atoms with Crippen molar-refractivity contribution < 1.29 is 13.6 Å². The number of amides is 1. The first-order valence-corrected chi connectivity index (χ1v) is 11.1. The zero-order valence-corrected chi connectivity index (χ0v) is 18.1. The topological polar surface area (TPSA) is 105 Å². The maximum absolute atomic E-state index is 13.9. The first-order chi connectivity index (χ1) is 16.3. The van der Waals surface area contributed by atoms with Gasteiger partial charge in [-0.15, -0.1) is 0 Å². The Morgan fingerprint density at radius 2 is 1.85 bits per heavy atom. The molecule has 0 bridgehead atoms. The zero-order valence-electron chi connectivity index (χ0n) is 18.1. The van der Waals surface area contributed by atoms with E-state index in [0.29, 0.717) is 35.7 Å². The van der Waals surface area contributed by atoms with Crippen LogP contribution >= 0.6 is 0 Å². The van der Waals surface area contributed by atoms with Gasteiger partial charge < -0.3 is 15.6 Å². The highest BCUT2D eigenvalue weighted by Gasteiger charge is 2.50. The number of nitrogens with zero attached hydrogens (tertiary/aromatic N) is 3. The molecule has 1 aliphatic carbocycles. The van der Waals surface area contributed by atoms with E-state index >= 15 is 0 Å². The molecular weight excluding hydrogens is 440 g/mol. The maximum Gasteiger partial charge on any atom is 0.268 e. The second-order valence-corrected chi connectivity index (χ2v) is 9.24. The third kappa shape index (κ3) is 3.30. The lowest BCUT2D eigenvalue weighted by atomic mass is 10.0. The van der Waals surface area contributed by atoms with Crippen LogP contribution in [-0.4, -0.2) is 39.9 Å². The molecule has 0 radical (unpaired) electrons. The summed E-state index contributed by atoms with van der Waals surface area (Å²) in [5.41, 5.74) is 7.37. The molecule has 2 aliphatic rings. The van der Waals surface area contributed by atoms with Crippen molar-refractivity contribution in [2.75, 3.05) is 18.0 Å². The minimum absolute atomic E-state index is 0.0871. The fourth-order valence-electron chi connectivity index (χ4n) is 5.50. The number of fused-ring (bicyclic) bond motifs is 3. The van der Waals surface area contributed by atoms with Crippen molar-refractivity contribution in [1.29, 1.82) is 0 Å². The van der Waals surface area contributed by atoms with Gasteiger partial charge in [-0.25, -0.2) is 13.8 Å². The number of pyridine rings is 3. The molecule has 3 aromatic heterocycles. The van der Waals surface area contributed by atoms with Gasteiger partial charge in [0.15, 0.2) is 5.43 Å². The SMILES string of the molecule is NC(=O)c1nccc2[nH]c(-c3cc4ccccc4nc3N3C[C@@H]4CC(F)(F)C[C@H]4C3)cc(=O)c12. The Bertz CT molecular complexity index is 1520. The normalized spacial score (nSPS) is 21.3. The third-order valence-corrected chi connectivity index (χ3v) is 6.97. The van der Waals surface area contributed by atoms with Crippen LogP contribution in [0.5, 0.6) is 0 Å². The summed E-state index contributed by atoms with van der Waals surface area (Å²) in [5.74, 6) is -2.91. The molecule has 172 valence electrons. The standard InChI is InChI=1S/C25H21F2N5O2/c26-25(27)9-14-11-32(12-15(14)10-25)24-16(7-13-3-1-2-4-17(13)31-24)19-8-20(33)21-18(30-19)5-6-29-22(21)23(28)34/h1-8,14-15H,9-12H2,(H2,28,34)(H,30,33)/t14-,15-/m0/s1. The minimum Gasteiger partial charge on any atom is -0.364 e. The molecule has 0 spiro atoms. The van der Waals surface area contributed by atoms with Crippen LogP contribution in [0, 0.1) is 11.8 Å². The van der Waals surface area contributed by atoms with E-state index in [1.54, 1.807) is 6.07 Å². The Balaban J connectivity index is 1.52. The van der Waals surface area contributed by atoms with E-state index < -0.39 is 11.8 Å². The summed E-state index contributed by atoms with van der Waals surface area (Å²) < 4.78 is 27.8. The van der Waals surface area contributed by atoms with E-state index in [1.807, 2.05) is 30.3 Å². The van der Waals surface area contributed by atoms with Crippen LogP contribution in [-0.2, 0) is 0 Å². The monoisotopic (exact) mass is 461 g/mol. The summed E-state index contributed by atoms with van der Waals surface area (Å²) in [7, 11) is 0. The molecule has 34 heavy (non-hydrogen) atoms. The first-order valence-electron chi connectivity index (χ1n) is 11.1. The Hall–Kier alpha value is -3.88. The molecule has 2 atom stereocenters. The largest absolute Gasteiger partial charge is 0.364 e. The molecule has 0 unspecified atom stereocenters. The summed E-state index contributed by atoms with van der Waals surface area (Å²) in [4.78, 5) is 38.9. The van der Waals surface area contributed by atoms with Crippen LogP contribution in [0.3, 0.4) is 0 Å². The number of carbonyl (C=O) groups excluding carboxylic acids is 1. The van der Waals surface area contributed by atoms with E-state index in [-0.39, 0.29) is 41.2 Å². The van der Waals surface area contributed by atoms with E-state index in [9.17, 15) is 18.4 Å². The van der Waals surface area contributed by atoms with Gasteiger partial charge in [0.05, 0.1) is 22.1 Å². The average Bonchev–Trinajstić information content (AvgIpc) is 3.31. The lowest BCUT2D eigenvalue weighted by Crippen LogP contribution is -2.26. The molecule has 4 heterocycles. The molecule has 1 aliphatic heterocycles. The van der Waals surface area contributed by atoms with Crippen molar-refractivity contribution in [3.8, 4) is 11.3 Å². The fraction of sp³-hybridized carbons (Fsp3) is 0.280. The van der Waals surface area contributed by atoms with Gasteiger partial charge in [0.1, 0.15) is 11.5 Å². The van der Waals surface area contributed by atoms with Gasteiger partial charge in [0.25, 0.3) is 5.91 Å². The van der Waals surface area contributed by atoms with Crippen LogP contribution in [0.25, 0.3) is 33.1 Å². The van der Waals surface area contributed by atoms with Crippen LogP contribution < -0.4 is 16.1 Å². The quantitative estimate of drug-likeness (QED) is 0.484. The number of nitrogens with two attached hydrogens (primary N) is 1. The van der Waals surface area contributed by atoms with Crippen LogP contribution in [0.1, 0.15) is 23.3 Å². The van der Waals surface area contributed by atoms with Gasteiger partial charge in [-0.3, -0.25) is 14.6 Å². The zero-order chi connectivity index (χ0) is 23.6. The van der Waals surface area contributed by atoms with E-state index in [0.717, 1.165) is 10.9 Å². The Labute approximate surface area is 192 Å². The second-order valence-electron chi connectivity index (χ2n) is 9.24. The molecule has 1 saturated heterocycles. The van der Waals surface area contributed by atoms with E-state index in [4.69, 9.17) is 10.7 Å². The third-order valence-electron chi connectivity index (χ3n) is 6.97. The Kier molecular flexibility index (Phi) is 4.45. The van der Waals surface area contributed by atoms with Crippen LogP contribution in [0.2, 0.25) is 0 Å². The lowest BCUT2D eigenvalue weighted by Gasteiger charge is -2.23. The number of para-hydroxylation sites is 1. The summed E-state index contributed by atoms with van der Waals surface area (Å²) in [6.45, 7) is 0.984. The molecule has 9 heteroatoms. The molecule has 6 rings (SSSR count). The minimum atomic E-state index is -2.60. The number of anilines is 1. The van der Waals surface area contributed by atoms with Crippen molar-refractivity contribution in [3.05, 3.63) is 64.6 Å². The smallest absolute Gasteiger partial charge is 0.268 e. The summed E-state index contributed by atoms with van der Waals surface area (Å²) in [6, 6.07) is 12.6. The number of rotatable bonds is 3. The number of H-pyrrole nitrogens is 1. The highest BCUT2D eigenvalue weighted by atomic mass is 19.3. The number of halogens is 2. The number of aromatic nitrogens is 3. The van der Waals surface area contributed by atoms with Gasteiger partial charge in [0, 0.05) is 49.1 Å². The number of benzene rings is 1. The number of carbonyl (C=O) groups is 1. The van der Waals surface area contributed by atoms with Crippen LogP contribution in [0.15, 0.2) is 53.5 Å². The van der Waals surface area contributed by atoms with Gasteiger partial charge in [-0.05, 0) is 30.0 Å². The van der Waals surface area contributed by atoms with Gasteiger partial charge in [-0.1, -0.05) is 18.2 Å². The molecule has 1 amide bonds. The number of nitrogens with one attached hydrogen (secondary N) is 1. The number of hydrogen-bond donors (Lipinski definition) is 2. The lowest BCUT2D eigenvalue weighted by molar-refractivity contribution is 0.00172. The van der Waals surface area contributed by atoms with Crippen molar-refractivity contribution in [2.24, 2.45) is 17.6 Å². The number of aromatic amines is 1. The fourth-order valence-corrected chi connectivity index (χ4v) is 5.50. The molecular formula is C25H21F2N5O2. The van der Waals surface area contributed by atoms with Crippen molar-refractivity contribution in [1.82, 2.24) is 15.0 Å². The van der Waals surface area contributed by atoms with Crippen molar-refractivity contribution in [3.63, 3.8) is 0 Å². The molecule has 2 fully saturated rings. The Morgan fingerprint density at radius 1 is 1.12 bits per heavy atom. The first kappa shape index (κ1) is 20.7. The molecule has 7 nitrogen and oxygen atoms in total. The highest BCUT2D eigenvalue weighted by Crippen LogP contribution is 2.48. The number of alkyl halides is 2. The predicted octanol–water partition coefficient (Wildman–Crippen LogP) is 3.72. The molecule has 1 aromatic carbocycles. The molecule has 3 N–H and O–H groups in total. The van der Waals surface area contributed by atoms with Crippen molar-refractivity contribution in [2.45, 2.75) is 18.8 Å². The van der Waals surface area contributed by atoms with Gasteiger partial charge in [-0.2, -0.15) is 0 Å². The van der Waals surface area contributed by atoms with Gasteiger partial charge in [0.2, 0.25) is 5.92 Å². The predicted molar refractivity (Wildman–Crippen MR) is 125 cm³/mol. The van der Waals surface area contributed by atoms with Gasteiger partial charge >= 0.3 is 0 Å². The highest BCUT2D eigenvalue weighted by molar-refractivity contribution is 6.04. The summed E-state index contributed by atoms with van der Waals surface area (Å²) >= 11 is 0. The number of hydrogen-bond acceptors (Lipinski definition) is 5. The van der Waals surface area contributed by atoms with Crippen molar-refractivity contribution >= 4 is 33.5 Å². The summed E-state index contributed by atoms with van der Waals surface area (Å²) in [6.07, 6.45) is 1.21. The molecule has 4 aromatic rings. The van der Waals surface area contributed by atoms with E-state index in [1.165, 1.54) is 12.3 Å². The Morgan fingerprint density at radius 3 is 2.59 bits per heavy atom.